The molecule has 1 aromatic rings. The first kappa shape index (κ1) is 14.3. The van der Waals surface area contributed by atoms with Crippen LogP contribution in [0.25, 0.3) is 0 Å². The average Bonchev–Trinajstić information content (AvgIpc) is 2.59. The first-order chi connectivity index (χ1) is 9.24. The number of halogens is 1. The fourth-order valence-corrected chi connectivity index (χ4v) is 2.93. The maximum Gasteiger partial charge on any atom is 0.242 e. The van der Waals surface area contributed by atoms with E-state index in [4.69, 9.17) is 0 Å². The monoisotopic (exact) mass is 325 g/mol. The molecule has 0 spiro atoms. The van der Waals surface area contributed by atoms with E-state index in [0.29, 0.717) is 0 Å². The minimum atomic E-state index is -0.103. The molecular weight excluding hydrogens is 306 g/mol. The number of rotatable bonds is 4. The van der Waals surface area contributed by atoms with E-state index in [1.54, 1.807) is 0 Å². The van der Waals surface area contributed by atoms with Gasteiger partial charge in [-0.15, -0.1) is 0 Å². The van der Waals surface area contributed by atoms with E-state index >= 15 is 0 Å². The van der Waals surface area contributed by atoms with Gasteiger partial charge in [0.2, 0.25) is 5.91 Å². The maximum atomic E-state index is 12.2. The summed E-state index contributed by atoms with van der Waals surface area (Å²) < 4.78 is 1.04. The number of para-hydroxylation sites is 1. The predicted octanol–water partition coefficient (Wildman–Crippen LogP) is 1.75. The summed E-state index contributed by atoms with van der Waals surface area (Å²) in [4.78, 5) is 14.4. The molecule has 1 fully saturated rings. The second-order valence-corrected chi connectivity index (χ2v) is 5.55. The molecule has 5 heteroatoms. The molecule has 19 heavy (non-hydrogen) atoms. The van der Waals surface area contributed by atoms with Crippen molar-refractivity contribution in [2.75, 3.05) is 31.6 Å². The molecule has 0 aromatic heterocycles. The van der Waals surface area contributed by atoms with E-state index in [-0.39, 0.29) is 11.9 Å². The summed E-state index contributed by atoms with van der Waals surface area (Å²) in [6, 6.07) is 7.99. The third-order valence-electron chi connectivity index (χ3n) is 3.38. The first-order valence-electron chi connectivity index (χ1n) is 6.67. The highest BCUT2D eigenvalue weighted by atomic mass is 79.9. The molecule has 1 amide bonds. The Kier molecular flexibility index (Phi) is 5.22. The Morgan fingerprint density at radius 1 is 1.47 bits per heavy atom. The fraction of sp³-hybridized carbons (Fsp3) is 0.500. The van der Waals surface area contributed by atoms with Crippen LogP contribution >= 0.6 is 15.9 Å². The Bertz CT molecular complexity index is 438. The molecule has 1 heterocycles. The second kappa shape index (κ2) is 6.91. The summed E-state index contributed by atoms with van der Waals surface area (Å²) in [5.74, 6) is 0.128. The molecule has 2 N–H and O–H groups in total. The van der Waals surface area contributed by atoms with Gasteiger partial charge in [-0.05, 0) is 54.5 Å². The van der Waals surface area contributed by atoms with Crippen molar-refractivity contribution in [1.29, 1.82) is 0 Å². The van der Waals surface area contributed by atoms with Crippen LogP contribution < -0.4 is 15.5 Å². The van der Waals surface area contributed by atoms with Gasteiger partial charge < -0.3 is 15.5 Å². The van der Waals surface area contributed by atoms with E-state index in [1.807, 2.05) is 25.2 Å². The number of nitrogens with one attached hydrogen (secondary N) is 2. The van der Waals surface area contributed by atoms with E-state index in [1.165, 1.54) is 0 Å². The average molecular weight is 326 g/mol. The van der Waals surface area contributed by atoms with Gasteiger partial charge in [-0.1, -0.05) is 12.1 Å². The van der Waals surface area contributed by atoms with Gasteiger partial charge in [0.1, 0.15) is 6.04 Å². The smallest absolute Gasteiger partial charge is 0.242 e. The van der Waals surface area contributed by atoms with Crippen LogP contribution in [0.4, 0.5) is 5.69 Å². The summed E-state index contributed by atoms with van der Waals surface area (Å²) >= 11 is 3.58. The number of anilines is 1. The third kappa shape index (κ3) is 3.48. The fourth-order valence-electron chi connectivity index (χ4n) is 2.42. The van der Waals surface area contributed by atoms with Crippen molar-refractivity contribution in [3.63, 3.8) is 0 Å². The van der Waals surface area contributed by atoms with Gasteiger partial charge in [-0.3, -0.25) is 4.79 Å². The zero-order valence-electron chi connectivity index (χ0n) is 11.2. The van der Waals surface area contributed by atoms with Gasteiger partial charge in [-0.2, -0.15) is 0 Å². The highest BCUT2D eigenvalue weighted by molar-refractivity contribution is 9.10. The van der Waals surface area contributed by atoms with Crippen molar-refractivity contribution < 1.29 is 4.79 Å². The van der Waals surface area contributed by atoms with Gasteiger partial charge in [0.05, 0.1) is 5.69 Å². The van der Waals surface area contributed by atoms with Crippen LogP contribution in [-0.4, -0.2) is 38.6 Å². The van der Waals surface area contributed by atoms with Crippen molar-refractivity contribution in [2.24, 2.45) is 0 Å². The van der Waals surface area contributed by atoms with Crippen molar-refractivity contribution in [3.8, 4) is 0 Å². The van der Waals surface area contributed by atoms with Crippen LogP contribution in [0.15, 0.2) is 28.7 Å². The summed E-state index contributed by atoms with van der Waals surface area (Å²) in [6.07, 6.45) is 1.78. The van der Waals surface area contributed by atoms with Crippen LogP contribution in [0.3, 0.4) is 0 Å². The third-order valence-corrected chi connectivity index (χ3v) is 4.05. The molecule has 104 valence electrons. The summed E-state index contributed by atoms with van der Waals surface area (Å²) in [7, 11) is 1.91. The minimum absolute atomic E-state index is 0.103. The summed E-state index contributed by atoms with van der Waals surface area (Å²) in [6.45, 7) is 2.49. The van der Waals surface area contributed by atoms with Gasteiger partial charge in [0, 0.05) is 17.6 Å². The number of carbonyl (C=O) groups is 1. The van der Waals surface area contributed by atoms with Crippen LogP contribution in [0.1, 0.15) is 12.8 Å². The van der Waals surface area contributed by atoms with Crippen LogP contribution in [0, 0.1) is 0 Å². The molecule has 4 nitrogen and oxygen atoms in total. The molecular formula is C14H20BrN3O. The number of amides is 1. The van der Waals surface area contributed by atoms with E-state index in [9.17, 15) is 4.79 Å². The van der Waals surface area contributed by atoms with Gasteiger partial charge in [0.25, 0.3) is 0 Å². The van der Waals surface area contributed by atoms with Crippen LogP contribution in [0.2, 0.25) is 0 Å². The Labute approximate surface area is 122 Å². The van der Waals surface area contributed by atoms with Crippen LogP contribution in [-0.2, 0) is 4.79 Å². The number of benzene rings is 1. The molecule has 1 unspecified atom stereocenters. The number of hydrogen-bond donors (Lipinski definition) is 2. The molecule has 1 atom stereocenters. The molecule has 0 aliphatic carbocycles. The quantitative estimate of drug-likeness (QED) is 0.886. The molecule has 1 saturated heterocycles. The van der Waals surface area contributed by atoms with Crippen molar-refractivity contribution >= 4 is 27.5 Å². The topological polar surface area (TPSA) is 44.4 Å². The lowest BCUT2D eigenvalue weighted by Crippen LogP contribution is -2.45. The molecule has 1 aliphatic rings. The largest absolute Gasteiger partial charge is 0.359 e. The zero-order valence-corrected chi connectivity index (χ0v) is 12.7. The lowest BCUT2D eigenvalue weighted by Gasteiger charge is -2.31. The van der Waals surface area contributed by atoms with Crippen molar-refractivity contribution in [2.45, 2.75) is 18.9 Å². The van der Waals surface area contributed by atoms with Crippen molar-refractivity contribution in [3.05, 3.63) is 28.7 Å². The van der Waals surface area contributed by atoms with Crippen LogP contribution in [0.5, 0.6) is 0 Å². The van der Waals surface area contributed by atoms with E-state index in [2.05, 4.69) is 37.5 Å². The Balaban J connectivity index is 2.27. The summed E-state index contributed by atoms with van der Waals surface area (Å²) in [5.41, 5.74) is 1.10. The minimum Gasteiger partial charge on any atom is -0.359 e. The molecule has 0 radical (unpaired) electrons. The van der Waals surface area contributed by atoms with E-state index in [0.717, 1.165) is 42.6 Å². The zero-order chi connectivity index (χ0) is 13.7. The Hall–Kier alpha value is -1.07. The number of carbonyl (C=O) groups excluding carboxylic acids is 1. The second-order valence-electron chi connectivity index (χ2n) is 4.70. The Morgan fingerprint density at radius 3 is 3.00 bits per heavy atom. The van der Waals surface area contributed by atoms with Crippen molar-refractivity contribution in [1.82, 2.24) is 10.6 Å². The molecule has 1 aliphatic heterocycles. The Morgan fingerprint density at radius 2 is 2.26 bits per heavy atom. The lowest BCUT2D eigenvalue weighted by molar-refractivity contribution is -0.122. The normalized spacial score (nSPS) is 20.0. The lowest BCUT2D eigenvalue weighted by atomic mass is 10.1. The number of hydrogen-bond acceptors (Lipinski definition) is 3. The highest BCUT2D eigenvalue weighted by Crippen LogP contribution is 2.29. The summed E-state index contributed by atoms with van der Waals surface area (Å²) in [5, 5.41) is 6.12. The maximum absolute atomic E-state index is 12.2. The molecule has 1 aromatic carbocycles. The standard InChI is InChI=1S/C14H20BrN3O/c1-16-9-7-13-14(19)17-8-4-10-18(13)12-6-3-2-5-11(12)15/h2-3,5-6,13,16H,4,7-10H2,1H3,(H,17,19). The molecule has 0 saturated carbocycles. The highest BCUT2D eigenvalue weighted by Gasteiger charge is 2.28. The SMILES string of the molecule is CNCCC1C(=O)NCCCN1c1ccccc1Br. The van der Waals surface area contributed by atoms with Gasteiger partial charge in [-0.25, -0.2) is 0 Å². The molecule has 2 rings (SSSR count). The van der Waals surface area contributed by atoms with Gasteiger partial charge >= 0.3 is 0 Å². The van der Waals surface area contributed by atoms with E-state index < -0.39 is 0 Å². The van der Waals surface area contributed by atoms with Gasteiger partial charge in [0.15, 0.2) is 0 Å². The first-order valence-corrected chi connectivity index (χ1v) is 7.47. The molecule has 0 bridgehead atoms. The predicted molar refractivity (Wildman–Crippen MR) is 81.4 cm³/mol. The number of nitrogens with zero attached hydrogens (tertiary/aromatic N) is 1.